The number of nitrogens with one attached hydrogen (secondary N) is 1. The SMILES string of the molecule is COc1ccc(NC(=O)C2CC2c2ccccc2F)cc1OC(F)F. The van der Waals surface area contributed by atoms with Crippen LogP contribution in [0.1, 0.15) is 17.9 Å². The summed E-state index contributed by atoms with van der Waals surface area (Å²) in [6, 6.07) is 10.6. The zero-order valence-corrected chi connectivity index (χ0v) is 13.3. The number of carbonyl (C=O) groups excluding carboxylic acids is 1. The lowest BCUT2D eigenvalue weighted by atomic mass is 10.1. The molecule has 4 nitrogen and oxygen atoms in total. The lowest BCUT2D eigenvalue weighted by Gasteiger charge is -2.12. The van der Waals surface area contributed by atoms with Crippen LogP contribution in [0.3, 0.4) is 0 Å². The Morgan fingerprint density at radius 3 is 2.64 bits per heavy atom. The normalized spacial score (nSPS) is 18.8. The Hall–Kier alpha value is -2.70. The van der Waals surface area contributed by atoms with E-state index in [0.717, 1.165) is 0 Å². The fourth-order valence-corrected chi connectivity index (χ4v) is 2.78. The van der Waals surface area contributed by atoms with Crippen molar-refractivity contribution in [2.75, 3.05) is 12.4 Å². The van der Waals surface area contributed by atoms with E-state index >= 15 is 0 Å². The van der Waals surface area contributed by atoms with Crippen molar-refractivity contribution in [3.63, 3.8) is 0 Å². The van der Waals surface area contributed by atoms with Gasteiger partial charge in [0.15, 0.2) is 11.5 Å². The first-order chi connectivity index (χ1) is 12.0. The Bertz CT molecular complexity index is 782. The smallest absolute Gasteiger partial charge is 0.387 e. The molecule has 0 heterocycles. The number of hydrogen-bond donors (Lipinski definition) is 1. The van der Waals surface area contributed by atoms with Crippen LogP contribution < -0.4 is 14.8 Å². The topological polar surface area (TPSA) is 47.6 Å². The summed E-state index contributed by atoms with van der Waals surface area (Å²) in [6.07, 6.45) is 0.545. The highest BCUT2D eigenvalue weighted by molar-refractivity contribution is 5.95. The molecule has 7 heteroatoms. The van der Waals surface area contributed by atoms with E-state index in [4.69, 9.17) is 4.74 Å². The molecule has 1 fully saturated rings. The minimum Gasteiger partial charge on any atom is -0.493 e. The van der Waals surface area contributed by atoms with Gasteiger partial charge in [0.1, 0.15) is 5.82 Å². The average Bonchev–Trinajstić information content (AvgIpc) is 3.35. The molecule has 1 amide bonds. The third kappa shape index (κ3) is 3.87. The van der Waals surface area contributed by atoms with Gasteiger partial charge in [-0.15, -0.1) is 0 Å². The van der Waals surface area contributed by atoms with Gasteiger partial charge >= 0.3 is 6.61 Å². The third-order valence-electron chi connectivity index (χ3n) is 4.08. The number of methoxy groups -OCH3 is 1. The molecule has 132 valence electrons. The minimum atomic E-state index is -3.01. The number of anilines is 1. The van der Waals surface area contributed by atoms with Crippen molar-refractivity contribution in [1.82, 2.24) is 0 Å². The molecule has 2 aromatic carbocycles. The Morgan fingerprint density at radius 1 is 1.20 bits per heavy atom. The van der Waals surface area contributed by atoms with Crippen molar-refractivity contribution in [3.05, 3.63) is 53.8 Å². The predicted molar refractivity (Wildman–Crippen MR) is 85.5 cm³/mol. The quantitative estimate of drug-likeness (QED) is 0.849. The van der Waals surface area contributed by atoms with Gasteiger partial charge in [-0.3, -0.25) is 4.79 Å². The standard InChI is InChI=1S/C18H16F3NO3/c1-24-15-7-6-10(8-16(15)25-18(20)21)22-17(23)13-9-12(13)11-4-2-3-5-14(11)19/h2-8,12-13,18H,9H2,1H3,(H,22,23). The number of hydrogen-bond acceptors (Lipinski definition) is 3. The van der Waals surface area contributed by atoms with Crippen molar-refractivity contribution in [2.24, 2.45) is 5.92 Å². The van der Waals surface area contributed by atoms with Crippen LogP contribution in [0, 0.1) is 11.7 Å². The maximum absolute atomic E-state index is 13.8. The fourth-order valence-electron chi connectivity index (χ4n) is 2.78. The predicted octanol–water partition coefficient (Wildman–Crippen LogP) is 4.18. The lowest BCUT2D eigenvalue weighted by Crippen LogP contribution is -2.15. The van der Waals surface area contributed by atoms with Crippen LogP contribution in [0.4, 0.5) is 18.9 Å². The van der Waals surface area contributed by atoms with Crippen molar-refractivity contribution in [1.29, 1.82) is 0 Å². The molecule has 2 unspecified atom stereocenters. The molecule has 0 radical (unpaired) electrons. The van der Waals surface area contributed by atoms with Crippen LogP contribution in [-0.4, -0.2) is 19.6 Å². The number of amides is 1. The van der Waals surface area contributed by atoms with Gasteiger partial charge in [-0.1, -0.05) is 18.2 Å². The second-order valence-corrected chi connectivity index (χ2v) is 5.70. The van der Waals surface area contributed by atoms with Gasteiger partial charge in [-0.05, 0) is 36.1 Å². The highest BCUT2D eigenvalue weighted by Gasteiger charge is 2.45. The highest BCUT2D eigenvalue weighted by atomic mass is 19.3. The molecule has 1 aliphatic carbocycles. The van der Waals surface area contributed by atoms with Gasteiger partial charge in [0.25, 0.3) is 0 Å². The monoisotopic (exact) mass is 351 g/mol. The molecule has 0 bridgehead atoms. The summed E-state index contributed by atoms with van der Waals surface area (Å²) in [5.41, 5.74) is 0.819. The molecule has 0 spiro atoms. The summed E-state index contributed by atoms with van der Waals surface area (Å²) in [6.45, 7) is -3.01. The van der Waals surface area contributed by atoms with Gasteiger partial charge in [0.2, 0.25) is 5.91 Å². The third-order valence-corrected chi connectivity index (χ3v) is 4.08. The number of benzene rings is 2. The second-order valence-electron chi connectivity index (χ2n) is 5.70. The molecule has 2 aromatic rings. The molecular formula is C18H16F3NO3. The highest BCUT2D eigenvalue weighted by Crippen LogP contribution is 2.48. The number of carbonyl (C=O) groups is 1. The van der Waals surface area contributed by atoms with Crippen LogP contribution in [0.25, 0.3) is 0 Å². The summed E-state index contributed by atoms with van der Waals surface area (Å²) in [4.78, 5) is 12.3. The Kier molecular flexibility index (Phi) is 4.83. The molecule has 0 saturated heterocycles. The maximum Gasteiger partial charge on any atom is 0.387 e. The van der Waals surface area contributed by atoms with Gasteiger partial charge in [-0.25, -0.2) is 4.39 Å². The first-order valence-corrected chi connectivity index (χ1v) is 7.67. The van der Waals surface area contributed by atoms with E-state index in [-0.39, 0.29) is 35.1 Å². The maximum atomic E-state index is 13.8. The van der Waals surface area contributed by atoms with E-state index in [1.54, 1.807) is 18.2 Å². The van der Waals surface area contributed by atoms with E-state index in [1.165, 1.54) is 31.4 Å². The molecule has 1 N–H and O–H groups in total. The summed E-state index contributed by atoms with van der Waals surface area (Å²) in [7, 11) is 1.33. The van der Waals surface area contributed by atoms with Crippen LogP contribution in [0.15, 0.2) is 42.5 Å². The Labute approximate surface area is 142 Å². The van der Waals surface area contributed by atoms with E-state index in [1.807, 2.05) is 0 Å². The van der Waals surface area contributed by atoms with Crippen LogP contribution in [0.5, 0.6) is 11.5 Å². The van der Waals surface area contributed by atoms with Crippen molar-refractivity contribution < 1.29 is 27.4 Å². The zero-order valence-electron chi connectivity index (χ0n) is 13.3. The van der Waals surface area contributed by atoms with E-state index in [0.29, 0.717) is 17.7 Å². The van der Waals surface area contributed by atoms with Crippen molar-refractivity contribution in [2.45, 2.75) is 19.0 Å². The summed E-state index contributed by atoms with van der Waals surface area (Å²) in [5, 5.41) is 2.65. The molecule has 2 atom stereocenters. The molecule has 1 aliphatic rings. The van der Waals surface area contributed by atoms with E-state index in [9.17, 15) is 18.0 Å². The average molecular weight is 351 g/mol. The second kappa shape index (κ2) is 7.04. The van der Waals surface area contributed by atoms with Crippen molar-refractivity contribution in [3.8, 4) is 11.5 Å². The molecule has 0 aliphatic heterocycles. The number of rotatable bonds is 6. The van der Waals surface area contributed by atoms with Gasteiger partial charge < -0.3 is 14.8 Å². The van der Waals surface area contributed by atoms with Crippen LogP contribution >= 0.6 is 0 Å². The Morgan fingerprint density at radius 2 is 1.96 bits per heavy atom. The molecule has 3 rings (SSSR count). The van der Waals surface area contributed by atoms with Crippen molar-refractivity contribution >= 4 is 11.6 Å². The summed E-state index contributed by atoms with van der Waals surface area (Å²) < 4.78 is 48.0. The number of ether oxygens (including phenoxy) is 2. The van der Waals surface area contributed by atoms with Gasteiger partial charge in [-0.2, -0.15) is 8.78 Å². The number of alkyl halides is 2. The molecule has 0 aromatic heterocycles. The molecule has 1 saturated carbocycles. The zero-order chi connectivity index (χ0) is 18.0. The first-order valence-electron chi connectivity index (χ1n) is 7.67. The first kappa shape index (κ1) is 17.1. The van der Waals surface area contributed by atoms with Crippen LogP contribution in [-0.2, 0) is 4.79 Å². The van der Waals surface area contributed by atoms with Crippen LogP contribution in [0.2, 0.25) is 0 Å². The van der Waals surface area contributed by atoms with E-state index < -0.39 is 6.61 Å². The molecule has 25 heavy (non-hydrogen) atoms. The summed E-state index contributed by atoms with van der Waals surface area (Å²) in [5.74, 6) is -1.18. The Balaban J connectivity index is 1.69. The largest absolute Gasteiger partial charge is 0.493 e. The van der Waals surface area contributed by atoms with E-state index in [2.05, 4.69) is 10.1 Å². The fraction of sp³-hybridized carbons (Fsp3) is 0.278. The summed E-state index contributed by atoms with van der Waals surface area (Å²) >= 11 is 0. The molecular weight excluding hydrogens is 335 g/mol. The van der Waals surface area contributed by atoms with Gasteiger partial charge in [0, 0.05) is 17.7 Å². The van der Waals surface area contributed by atoms with Gasteiger partial charge in [0.05, 0.1) is 7.11 Å². The lowest BCUT2D eigenvalue weighted by molar-refractivity contribution is -0.117. The number of halogens is 3. The minimum absolute atomic E-state index is 0.133.